The minimum atomic E-state index is -3.61. The van der Waals surface area contributed by atoms with Crippen LogP contribution in [0.15, 0.2) is 58.0 Å². The number of amides is 1. The molecule has 0 aliphatic heterocycles. The van der Waals surface area contributed by atoms with Crippen molar-refractivity contribution in [2.45, 2.75) is 11.4 Å². The van der Waals surface area contributed by atoms with Crippen LogP contribution in [0.25, 0.3) is 21.0 Å². The summed E-state index contributed by atoms with van der Waals surface area (Å²) >= 11 is 1.54. The van der Waals surface area contributed by atoms with E-state index in [9.17, 15) is 13.2 Å². The normalized spacial score (nSPS) is 11.8. The van der Waals surface area contributed by atoms with Gasteiger partial charge >= 0.3 is 0 Å². The molecule has 10 heteroatoms. The lowest BCUT2D eigenvalue weighted by Gasteiger charge is -2.04. The Morgan fingerprint density at radius 2 is 2.03 bits per heavy atom. The van der Waals surface area contributed by atoms with Gasteiger partial charge in [0.15, 0.2) is 10.8 Å². The van der Waals surface area contributed by atoms with E-state index in [2.05, 4.69) is 15.0 Å². The fourth-order valence-corrected chi connectivity index (χ4v) is 4.58. The minimum Gasteiger partial charge on any atom is -0.457 e. The number of furan rings is 1. The summed E-state index contributed by atoms with van der Waals surface area (Å²) in [6.45, 7) is 0.170. The van der Waals surface area contributed by atoms with Crippen molar-refractivity contribution in [1.29, 1.82) is 0 Å². The highest BCUT2D eigenvalue weighted by atomic mass is 32.2. The first-order valence-corrected chi connectivity index (χ1v) is 11.0. The molecule has 3 aromatic heterocycles. The molecule has 0 fully saturated rings. The van der Waals surface area contributed by atoms with E-state index in [0.717, 1.165) is 15.2 Å². The number of sulfonamides is 1. The molecule has 0 saturated carbocycles. The second-order valence-electron chi connectivity index (χ2n) is 6.31. The van der Waals surface area contributed by atoms with Crippen molar-refractivity contribution in [1.82, 2.24) is 19.6 Å². The summed E-state index contributed by atoms with van der Waals surface area (Å²) in [5, 5.41) is 3.52. The molecule has 0 radical (unpaired) electrons. The topological polar surface area (TPSA) is 106 Å². The quantitative estimate of drug-likeness (QED) is 0.489. The van der Waals surface area contributed by atoms with E-state index in [1.807, 2.05) is 30.3 Å². The maximum absolute atomic E-state index is 12.5. The Balaban J connectivity index is 1.47. The van der Waals surface area contributed by atoms with Gasteiger partial charge < -0.3 is 14.3 Å². The molecular formula is C19H18N4O4S2. The second kappa shape index (κ2) is 7.47. The van der Waals surface area contributed by atoms with Gasteiger partial charge in [0.25, 0.3) is 5.91 Å². The number of para-hydroxylation sites is 1. The molecule has 150 valence electrons. The van der Waals surface area contributed by atoms with Crippen LogP contribution in [0, 0.1) is 0 Å². The zero-order valence-corrected chi connectivity index (χ0v) is 17.3. The van der Waals surface area contributed by atoms with Crippen molar-refractivity contribution in [3.8, 4) is 10.8 Å². The molecule has 0 saturated heterocycles. The van der Waals surface area contributed by atoms with Gasteiger partial charge in [0.05, 0.1) is 16.8 Å². The highest BCUT2D eigenvalue weighted by Crippen LogP contribution is 2.31. The SMILES string of the molecule is CNS(=O)(=O)c1cc(C(=O)NCc2ccc(-c3nc4ccccc4s3)o2)n(C)c1. The Hall–Kier alpha value is -2.95. The molecule has 0 spiro atoms. The number of thiazole rings is 1. The average Bonchev–Trinajstić information content (AvgIpc) is 3.43. The lowest BCUT2D eigenvalue weighted by atomic mass is 10.3. The molecule has 1 amide bonds. The van der Waals surface area contributed by atoms with Gasteiger partial charge in [0.2, 0.25) is 10.0 Å². The Labute approximate surface area is 171 Å². The summed E-state index contributed by atoms with van der Waals surface area (Å²) in [6.07, 6.45) is 1.39. The predicted molar refractivity (Wildman–Crippen MR) is 110 cm³/mol. The van der Waals surface area contributed by atoms with Crippen molar-refractivity contribution in [2.75, 3.05) is 7.05 Å². The highest BCUT2D eigenvalue weighted by Gasteiger charge is 2.19. The zero-order valence-electron chi connectivity index (χ0n) is 15.7. The summed E-state index contributed by atoms with van der Waals surface area (Å²) in [7, 11) is -0.680. The van der Waals surface area contributed by atoms with Gasteiger partial charge in [0.1, 0.15) is 16.3 Å². The monoisotopic (exact) mass is 430 g/mol. The van der Waals surface area contributed by atoms with Crippen LogP contribution >= 0.6 is 11.3 Å². The summed E-state index contributed by atoms with van der Waals surface area (Å²) in [5.74, 6) is 0.810. The van der Waals surface area contributed by atoms with Crippen LogP contribution in [0.5, 0.6) is 0 Å². The Kier molecular flexibility index (Phi) is 4.99. The van der Waals surface area contributed by atoms with Gasteiger partial charge in [-0.2, -0.15) is 0 Å². The molecule has 29 heavy (non-hydrogen) atoms. The van der Waals surface area contributed by atoms with Gasteiger partial charge in [-0.3, -0.25) is 4.79 Å². The molecule has 1 aromatic carbocycles. The van der Waals surface area contributed by atoms with Gasteiger partial charge in [-0.15, -0.1) is 11.3 Å². The molecule has 0 aliphatic carbocycles. The van der Waals surface area contributed by atoms with E-state index < -0.39 is 15.9 Å². The van der Waals surface area contributed by atoms with Crippen LogP contribution in [0.4, 0.5) is 0 Å². The van der Waals surface area contributed by atoms with Gasteiger partial charge in [0, 0.05) is 13.2 Å². The lowest BCUT2D eigenvalue weighted by Crippen LogP contribution is -2.24. The largest absolute Gasteiger partial charge is 0.457 e. The predicted octanol–water partition coefficient (Wildman–Crippen LogP) is 2.73. The summed E-state index contributed by atoms with van der Waals surface area (Å²) in [5.41, 5.74) is 1.14. The number of hydrogen-bond acceptors (Lipinski definition) is 6. The molecule has 0 atom stereocenters. The molecule has 0 bridgehead atoms. The van der Waals surface area contributed by atoms with Crippen LogP contribution in [-0.2, 0) is 23.6 Å². The number of fused-ring (bicyclic) bond motifs is 1. The molecule has 8 nitrogen and oxygen atoms in total. The van der Waals surface area contributed by atoms with Crippen molar-refractivity contribution in [3.63, 3.8) is 0 Å². The number of benzene rings is 1. The van der Waals surface area contributed by atoms with E-state index in [1.54, 1.807) is 13.1 Å². The van der Waals surface area contributed by atoms with Crippen molar-refractivity contribution in [3.05, 3.63) is 60.1 Å². The number of aromatic nitrogens is 2. The van der Waals surface area contributed by atoms with E-state index in [-0.39, 0.29) is 17.1 Å². The van der Waals surface area contributed by atoms with Gasteiger partial charge in [-0.25, -0.2) is 18.1 Å². The van der Waals surface area contributed by atoms with Crippen LogP contribution in [0.2, 0.25) is 0 Å². The zero-order chi connectivity index (χ0) is 20.6. The third-order valence-electron chi connectivity index (χ3n) is 4.38. The molecule has 2 N–H and O–H groups in total. The number of nitrogens with zero attached hydrogens (tertiary/aromatic N) is 2. The first-order valence-electron chi connectivity index (χ1n) is 8.70. The van der Waals surface area contributed by atoms with E-state index in [4.69, 9.17) is 4.42 Å². The summed E-state index contributed by atoms with van der Waals surface area (Å²) < 4.78 is 34.4. The first-order chi connectivity index (χ1) is 13.9. The fourth-order valence-electron chi connectivity index (χ4n) is 2.85. The maximum Gasteiger partial charge on any atom is 0.268 e. The number of nitrogens with one attached hydrogen (secondary N) is 2. The van der Waals surface area contributed by atoms with Crippen molar-refractivity contribution < 1.29 is 17.6 Å². The van der Waals surface area contributed by atoms with E-state index >= 15 is 0 Å². The number of aryl methyl sites for hydroxylation is 1. The smallest absolute Gasteiger partial charge is 0.268 e. The molecular weight excluding hydrogens is 412 g/mol. The molecule has 4 aromatic rings. The van der Waals surface area contributed by atoms with Crippen molar-refractivity contribution >= 4 is 37.5 Å². The molecule has 0 aliphatic rings. The Morgan fingerprint density at radius 3 is 2.79 bits per heavy atom. The average molecular weight is 431 g/mol. The molecule has 0 unspecified atom stereocenters. The van der Waals surface area contributed by atoms with Crippen LogP contribution in [-0.4, -0.2) is 30.9 Å². The third-order valence-corrected chi connectivity index (χ3v) is 6.81. The van der Waals surface area contributed by atoms with Crippen LogP contribution < -0.4 is 10.0 Å². The molecule has 3 heterocycles. The van der Waals surface area contributed by atoms with E-state index in [0.29, 0.717) is 11.5 Å². The third kappa shape index (κ3) is 3.82. The lowest BCUT2D eigenvalue weighted by molar-refractivity contribution is 0.0940. The Bertz CT molecular complexity index is 1270. The van der Waals surface area contributed by atoms with Gasteiger partial charge in [-0.1, -0.05) is 12.1 Å². The fraction of sp³-hybridized carbons (Fsp3) is 0.158. The van der Waals surface area contributed by atoms with Crippen LogP contribution in [0.3, 0.4) is 0 Å². The van der Waals surface area contributed by atoms with Crippen molar-refractivity contribution in [2.24, 2.45) is 7.05 Å². The number of carbonyl (C=O) groups excluding carboxylic acids is 1. The number of hydrogen-bond donors (Lipinski definition) is 2. The first kappa shape index (κ1) is 19.4. The van der Waals surface area contributed by atoms with Crippen LogP contribution in [0.1, 0.15) is 16.2 Å². The minimum absolute atomic E-state index is 0.0313. The molecule has 4 rings (SSSR count). The van der Waals surface area contributed by atoms with Gasteiger partial charge in [-0.05, 0) is 37.4 Å². The maximum atomic E-state index is 12.5. The highest BCUT2D eigenvalue weighted by molar-refractivity contribution is 7.89. The second-order valence-corrected chi connectivity index (χ2v) is 9.23. The van der Waals surface area contributed by atoms with E-state index in [1.165, 1.54) is 35.2 Å². The standard InChI is InChI=1S/C19H18N4O4S2/c1-20-29(25,26)13-9-15(23(2)11-13)18(24)21-10-12-7-8-16(27-12)19-22-14-5-3-4-6-17(14)28-19/h3-9,11,20H,10H2,1-2H3,(H,21,24). The number of carbonyl (C=O) groups is 1. The summed E-state index contributed by atoms with van der Waals surface area (Å²) in [4.78, 5) is 17.0. The number of rotatable bonds is 6. The summed E-state index contributed by atoms with van der Waals surface area (Å²) in [6, 6.07) is 12.8. The Morgan fingerprint density at radius 1 is 1.24 bits per heavy atom.